The molecule has 1 saturated heterocycles. The number of piperidine rings is 1. The van der Waals surface area contributed by atoms with E-state index in [1.807, 2.05) is 30.3 Å². The average molecular weight is 391 g/mol. The van der Waals surface area contributed by atoms with E-state index in [0.29, 0.717) is 25.1 Å². The van der Waals surface area contributed by atoms with Crippen LogP contribution in [0.2, 0.25) is 0 Å². The van der Waals surface area contributed by atoms with E-state index in [9.17, 15) is 14.4 Å². The Bertz CT molecular complexity index is 1020. The van der Waals surface area contributed by atoms with Gasteiger partial charge in [0.1, 0.15) is 11.9 Å². The SMILES string of the molecule is O=C1CCC(N2Cc3ccc(CN4CCNc5ncccc54)cc3C2=O)C(=O)N1. The number of amides is 3. The Morgan fingerprint density at radius 1 is 1.17 bits per heavy atom. The van der Waals surface area contributed by atoms with Crippen molar-refractivity contribution < 1.29 is 14.4 Å². The third-order valence-corrected chi connectivity index (χ3v) is 5.77. The van der Waals surface area contributed by atoms with E-state index in [-0.39, 0.29) is 24.1 Å². The third-order valence-electron chi connectivity index (χ3n) is 5.77. The largest absolute Gasteiger partial charge is 0.367 e. The number of hydrogen-bond donors (Lipinski definition) is 2. The number of imide groups is 1. The van der Waals surface area contributed by atoms with Gasteiger partial charge in [0.25, 0.3) is 5.91 Å². The number of pyridine rings is 1. The predicted molar refractivity (Wildman–Crippen MR) is 106 cm³/mol. The second kappa shape index (κ2) is 6.88. The van der Waals surface area contributed by atoms with Crippen molar-refractivity contribution in [2.24, 2.45) is 0 Å². The zero-order chi connectivity index (χ0) is 20.0. The minimum absolute atomic E-state index is 0.140. The van der Waals surface area contributed by atoms with E-state index in [2.05, 4.69) is 20.5 Å². The molecule has 29 heavy (non-hydrogen) atoms. The molecule has 2 N–H and O–H groups in total. The summed E-state index contributed by atoms with van der Waals surface area (Å²) in [6.45, 7) is 2.75. The van der Waals surface area contributed by atoms with Crippen LogP contribution in [0, 0.1) is 0 Å². The summed E-state index contributed by atoms with van der Waals surface area (Å²) < 4.78 is 0. The molecule has 5 rings (SSSR count). The summed E-state index contributed by atoms with van der Waals surface area (Å²) in [7, 11) is 0. The topological polar surface area (TPSA) is 94.6 Å². The summed E-state index contributed by atoms with van der Waals surface area (Å²) in [5.41, 5.74) is 3.66. The molecule has 1 aromatic heterocycles. The van der Waals surface area contributed by atoms with Crippen molar-refractivity contribution in [1.82, 2.24) is 15.2 Å². The number of hydrogen-bond acceptors (Lipinski definition) is 6. The second-order valence-corrected chi connectivity index (χ2v) is 7.61. The quantitative estimate of drug-likeness (QED) is 0.766. The summed E-state index contributed by atoms with van der Waals surface area (Å²) in [5, 5.41) is 5.64. The fraction of sp³-hybridized carbons (Fsp3) is 0.333. The molecule has 0 aliphatic carbocycles. The first kappa shape index (κ1) is 17.7. The highest BCUT2D eigenvalue weighted by Crippen LogP contribution is 2.31. The lowest BCUT2D eigenvalue weighted by Crippen LogP contribution is -2.52. The summed E-state index contributed by atoms with van der Waals surface area (Å²) in [4.78, 5) is 44.8. The highest BCUT2D eigenvalue weighted by Gasteiger charge is 2.39. The van der Waals surface area contributed by atoms with Crippen LogP contribution in [0.3, 0.4) is 0 Å². The van der Waals surface area contributed by atoms with Crippen LogP contribution in [-0.2, 0) is 22.7 Å². The molecular formula is C21H21N5O3. The molecule has 2 aromatic rings. The minimum atomic E-state index is -0.581. The highest BCUT2D eigenvalue weighted by molar-refractivity contribution is 6.05. The molecule has 1 unspecified atom stereocenters. The van der Waals surface area contributed by atoms with E-state index in [4.69, 9.17) is 0 Å². The molecule has 8 nitrogen and oxygen atoms in total. The lowest BCUT2D eigenvalue weighted by atomic mass is 10.0. The van der Waals surface area contributed by atoms with Gasteiger partial charge in [-0.05, 0) is 35.7 Å². The zero-order valence-electron chi connectivity index (χ0n) is 15.9. The van der Waals surface area contributed by atoms with Gasteiger partial charge in [-0.2, -0.15) is 0 Å². The first-order valence-corrected chi connectivity index (χ1v) is 9.80. The maximum absolute atomic E-state index is 13.0. The van der Waals surface area contributed by atoms with Crippen molar-refractivity contribution in [1.29, 1.82) is 0 Å². The maximum atomic E-state index is 13.0. The molecule has 1 atom stereocenters. The molecule has 0 spiro atoms. The van der Waals surface area contributed by atoms with Gasteiger partial charge in [-0.25, -0.2) is 4.98 Å². The predicted octanol–water partition coefficient (Wildman–Crippen LogP) is 1.27. The molecule has 8 heteroatoms. The van der Waals surface area contributed by atoms with E-state index in [1.165, 1.54) is 0 Å². The molecule has 1 aromatic carbocycles. The Labute approximate surface area is 167 Å². The van der Waals surface area contributed by atoms with Gasteiger partial charge in [0, 0.05) is 44.4 Å². The van der Waals surface area contributed by atoms with Crippen LogP contribution in [0.4, 0.5) is 11.5 Å². The molecule has 3 aliphatic rings. The summed E-state index contributed by atoms with van der Waals surface area (Å²) >= 11 is 0. The molecule has 0 saturated carbocycles. The molecular weight excluding hydrogens is 370 g/mol. The Hall–Kier alpha value is -3.42. The number of fused-ring (bicyclic) bond motifs is 2. The fourth-order valence-corrected chi connectivity index (χ4v) is 4.30. The van der Waals surface area contributed by atoms with Crippen molar-refractivity contribution in [2.75, 3.05) is 23.3 Å². The Balaban J connectivity index is 1.36. The number of anilines is 2. The summed E-state index contributed by atoms with van der Waals surface area (Å²) in [6.07, 6.45) is 2.41. The van der Waals surface area contributed by atoms with Crippen LogP contribution < -0.4 is 15.5 Å². The number of benzene rings is 1. The second-order valence-electron chi connectivity index (χ2n) is 7.61. The molecule has 148 valence electrons. The summed E-state index contributed by atoms with van der Waals surface area (Å²) in [5.74, 6) is 0.0785. The van der Waals surface area contributed by atoms with Gasteiger partial charge >= 0.3 is 0 Å². The van der Waals surface area contributed by atoms with E-state index >= 15 is 0 Å². The number of aromatic nitrogens is 1. The third kappa shape index (κ3) is 3.10. The van der Waals surface area contributed by atoms with E-state index in [1.54, 1.807) is 11.1 Å². The van der Waals surface area contributed by atoms with Crippen molar-refractivity contribution in [3.05, 3.63) is 53.2 Å². The number of carbonyl (C=O) groups excluding carboxylic acids is 3. The molecule has 3 amide bonds. The Morgan fingerprint density at radius 3 is 2.93 bits per heavy atom. The number of rotatable bonds is 3. The van der Waals surface area contributed by atoms with Gasteiger partial charge in [-0.15, -0.1) is 0 Å². The van der Waals surface area contributed by atoms with Crippen LogP contribution in [-0.4, -0.2) is 46.7 Å². The summed E-state index contributed by atoms with van der Waals surface area (Å²) in [6, 6.07) is 9.32. The lowest BCUT2D eigenvalue weighted by molar-refractivity contribution is -0.136. The van der Waals surface area contributed by atoms with Gasteiger partial charge in [0.15, 0.2) is 0 Å². The Kier molecular flexibility index (Phi) is 4.19. The van der Waals surface area contributed by atoms with Gasteiger partial charge in [0.2, 0.25) is 11.8 Å². The lowest BCUT2D eigenvalue weighted by Gasteiger charge is -2.31. The minimum Gasteiger partial charge on any atom is -0.367 e. The fourth-order valence-electron chi connectivity index (χ4n) is 4.30. The molecule has 3 aliphatic heterocycles. The van der Waals surface area contributed by atoms with Crippen LogP contribution in [0.15, 0.2) is 36.5 Å². The van der Waals surface area contributed by atoms with Crippen molar-refractivity contribution in [3.8, 4) is 0 Å². The van der Waals surface area contributed by atoms with Crippen LogP contribution in [0.25, 0.3) is 0 Å². The van der Waals surface area contributed by atoms with Crippen molar-refractivity contribution in [3.63, 3.8) is 0 Å². The normalized spacial score (nSPS) is 20.8. The van der Waals surface area contributed by atoms with E-state index in [0.717, 1.165) is 35.7 Å². The van der Waals surface area contributed by atoms with Crippen molar-refractivity contribution >= 4 is 29.2 Å². The number of nitrogens with zero attached hydrogens (tertiary/aromatic N) is 3. The first-order valence-electron chi connectivity index (χ1n) is 9.80. The van der Waals surface area contributed by atoms with Gasteiger partial charge in [-0.1, -0.05) is 12.1 Å². The Morgan fingerprint density at radius 2 is 2.07 bits per heavy atom. The van der Waals surface area contributed by atoms with Gasteiger partial charge in [0.05, 0.1) is 5.69 Å². The molecule has 0 bridgehead atoms. The highest BCUT2D eigenvalue weighted by atomic mass is 16.2. The molecule has 4 heterocycles. The molecule has 0 radical (unpaired) electrons. The van der Waals surface area contributed by atoms with Crippen molar-refractivity contribution in [2.45, 2.75) is 32.0 Å². The molecule has 1 fully saturated rings. The number of carbonyl (C=O) groups is 3. The maximum Gasteiger partial charge on any atom is 0.255 e. The standard InChI is InChI=1S/C21H21N5O3/c27-18-6-5-17(20(28)24-18)26-12-14-4-3-13(10-15(14)21(26)29)11-25-9-8-23-19-16(25)2-1-7-22-19/h1-4,7,10,17H,5-6,8-9,11-12H2,(H,22,23)(H,24,27,28). The number of nitrogens with one attached hydrogen (secondary N) is 2. The van der Waals surface area contributed by atoms with Gasteiger partial charge in [-0.3, -0.25) is 19.7 Å². The van der Waals surface area contributed by atoms with E-state index < -0.39 is 6.04 Å². The van der Waals surface area contributed by atoms with Crippen LogP contribution >= 0.6 is 0 Å². The monoisotopic (exact) mass is 391 g/mol. The zero-order valence-corrected chi connectivity index (χ0v) is 15.9. The first-order chi connectivity index (χ1) is 14.1. The smallest absolute Gasteiger partial charge is 0.255 e. The van der Waals surface area contributed by atoms with Crippen LogP contribution in [0.5, 0.6) is 0 Å². The van der Waals surface area contributed by atoms with Crippen LogP contribution in [0.1, 0.15) is 34.3 Å². The van der Waals surface area contributed by atoms with Gasteiger partial charge < -0.3 is 15.1 Å². The average Bonchev–Trinajstić information content (AvgIpc) is 3.04.